The molecule has 1 saturated carbocycles. The molecule has 27 heavy (non-hydrogen) atoms. The maximum Gasteiger partial charge on any atom is 0.228 e. The Morgan fingerprint density at radius 3 is 2.59 bits per heavy atom. The van der Waals surface area contributed by atoms with Gasteiger partial charge >= 0.3 is 0 Å². The number of carbonyl (C=O) groups is 1. The van der Waals surface area contributed by atoms with Crippen LogP contribution in [0.3, 0.4) is 0 Å². The Bertz CT molecular complexity index is 811. The smallest absolute Gasteiger partial charge is 0.228 e. The van der Waals surface area contributed by atoms with Gasteiger partial charge in [-0.2, -0.15) is 0 Å². The van der Waals surface area contributed by atoms with E-state index in [1.807, 2.05) is 18.2 Å². The molecule has 2 heterocycles. The number of hydrogen-bond donors (Lipinski definition) is 1. The fourth-order valence-electron chi connectivity index (χ4n) is 3.51. The third kappa shape index (κ3) is 4.30. The normalized spacial score (nSPS) is 18.0. The molecule has 0 unspecified atom stereocenters. The van der Waals surface area contributed by atoms with E-state index < -0.39 is 0 Å². The van der Waals surface area contributed by atoms with E-state index in [1.54, 1.807) is 6.20 Å². The first-order valence-corrected chi connectivity index (χ1v) is 9.81. The van der Waals surface area contributed by atoms with Gasteiger partial charge in [-0.25, -0.2) is 4.98 Å². The number of hydrogen-bond acceptors (Lipinski definition) is 4. The number of aromatic nitrogens is 1. The third-order valence-corrected chi connectivity index (χ3v) is 5.46. The van der Waals surface area contributed by atoms with Crippen molar-refractivity contribution in [1.82, 2.24) is 4.98 Å². The summed E-state index contributed by atoms with van der Waals surface area (Å²) in [6.07, 6.45) is 6.97. The number of nitrogens with one attached hydrogen (secondary N) is 1. The van der Waals surface area contributed by atoms with E-state index in [0.29, 0.717) is 5.82 Å². The molecule has 2 fully saturated rings. The molecule has 5 heteroatoms. The van der Waals surface area contributed by atoms with Crippen LogP contribution in [0.5, 0.6) is 5.75 Å². The molecule has 142 valence electrons. The van der Waals surface area contributed by atoms with Crippen LogP contribution >= 0.6 is 0 Å². The van der Waals surface area contributed by atoms with E-state index in [0.717, 1.165) is 67.8 Å². The first-order valence-electron chi connectivity index (χ1n) is 9.81. The van der Waals surface area contributed by atoms with Gasteiger partial charge in [0.25, 0.3) is 0 Å². The van der Waals surface area contributed by atoms with Gasteiger partial charge < -0.3 is 14.8 Å². The molecule has 1 amide bonds. The van der Waals surface area contributed by atoms with Gasteiger partial charge in [0.15, 0.2) is 0 Å². The Morgan fingerprint density at radius 2 is 1.89 bits per heavy atom. The highest BCUT2D eigenvalue weighted by molar-refractivity contribution is 5.92. The Kier molecular flexibility index (Phi) is 5.39. The number of anilines is 1. The zero-order valence-corrected chi connectivity index (χ0v) is 15.7. The topological polar surface area (TPSA) is 60.5 Å². The number of aryl methyl sites for hydroxylation is 1. The zero-order valence-electron chi connectivity index (χ0n) is 15.7. The van der Waals surface area contributed by atoms with Gasteiger partial charge in [-0.05, 0) is 60.7 Å². The molecular weight excluding hydrogens is 340 g/mol. The highest BCUT2D eigenvalue weighted by Crippen LogP contribution is 2.30. The molecule has 1 aromatic heterocycles. The number of benzene rings is 1. The van der Waals surface area contributed by atoms with Crippen molar-refractivity contribution >= 4 is 11.7 Å². The molecule has 0 atom stereocenters. The standard InChI is InChI=1S/C22H26N2O3/c1-15-13-17(5-6-20(15)27-19-8-11-26-12-9-19)18-7-10-23-21(14-18)24-22(25)16-3-2-4-16/h5-7,10,13-14,16,19H,2-4,8-9,11-12H2,1H3,(H,23,24,25). The molecule has 2 aliphatic rings. The van der Waals surface area contributed by atoms with Crippen molar-refractivity contribution in [2.45, 2.75) is 45.1 Å². The molecule has 1 aliphatic heterocycles. The van der Waals surface area contributed by atoms with E-state index in [1.165, 1.54) is 0 Å². The van der Waals surface area contributed by atoms with Crippen molar-refractivity contribution in [3.05, 3.63) is 42.1 Å². The summed E-state index contributed by atoms with van der Waals surface area (Å²) in [7, 11) is 0. The summed E-state index contributed by atoms with van der Waals surface area (Å²) in [5.41, 5.74) is 3.24. The maximum absolute atomic E-state index is 12.2. The maximum atomic E-state index is 12.2. The van der Waals surface area contributed by atoms with Crippen molar-refractivity contribution in [2.75, 3.05) is 18.5 Å². The summed E-state index contributed by atoms with van der Waals surface area (Å²) in [6.45, 7) is 3.61. The number of nitrogens with zero attached hydrogens (tertiary/aromatic N) is 1. The van der Waals surface area contributed by atoms with Crippen molar-refractivity contribution in [2.24, 2.45) is 5.92 Å². The van der Waals surface area contributed by atoms with Gasteiger partial charge in [-0.1, -0.05) is 12.5 Å². The molecule has 0 spiro atoms. The molecule has 2 aromatic rings. The van der Waals surface area contributed by atoms with Crippen molar-refractivity contribution < 1.29 is 14.3 Å². The third-order valence-electron chi connectivity index (χ3n) is 5.46. The summed E-state index contributed by atoms with van der Waals surface area (Å²) in [6, 6.07) is 10.1. The highest BCUT2D eigenvalue weighted by atomic mass is 16.5. The van der Waals surface area contributed by atoms with Crippen LogP contribution in [0.2, 0.25) is 0 Å². The number of pyridine rings is 1. The van der Waals surface area contributed by atoms with Gasteiger partial charge in [-0.3, -0.25) is 4.79 Å². The average molecular weight is 366 g/mol. The highest BCUT2D eigenvalue weighted by Gasteiger charge is 2.25. The van der Waals surface area contributed by atoms with Crippen molar-refractivity contribution in [1.29, 1.82) is 0 Å². The minimum absolute atomic E-state index is 0.0855. The van der Waals surface area contributed by atoms with Crippen molar-refractivity contribution in [3.8, 4) is 16.9 Å². The molecule has 1 aliphatic carbocycles. The second-order valence-corrected chi connectivity index (χ2v) is 7.46. The predicted molar refractivity (Wildman–Crippen MR) is 105 cm³/mol. The minimum Gasteiger partial charge on any atom is -0.490 e. The van der Waals surface area contributed by atoms with E-state index in [2.05, 4.69) is 29.4 Å². The molecule has 1 N–H and O–H groups in total. The predicted octanol–water partition coefficient (Wildman–Crippen LogP) is 4.35. The second kappa shape index (κ2) is 8.09. The van der Waals surface area contributed by atoms with Crippen LogP contribution in [0.15, 0.2) is 36.5 Å². The van der Waals surface area contributed by atoms with Gasteiger partial charge in [-0.15, -0.1) is 0 Å². The summed E-state index contributed by atoms with van der Waals surface area (Å²) >= 11 is 0. The van der Waals surface area contributed by atoms with Crippen LogP contribution in [0.4, 0.5) is 5.82 Å². The van der Waals surface area contributed by atoms with Gasteiger partial charge in [0.1, 0.15) is 17.7 Å². The molecule has 5 nitrogen and oxygen atoms in total. The van der Waals surface area contributed by atoms with E-state index in [-0.39, 0.29) is 17.9 Å². The summed E-state index contributed by atoms with van der Waals surface area (Å²) < 4.78 is 11.5. The van der Waals surface area contributed by atoms with Gasteiger partial charge in [0.05, 0.1) is 13.2 Å². The van der Waals surface area contributed by atoms with Gasteiger partial charge in [0, 0.05) is 25.0 Å². The van der Waals surface area contributed by atoms with Gasteiger partial charge in [0.2, 0.25) is 5.91 Å². The molecule has 0 radical (unpaired) electrons. The SMILES string of the molecule is Cc1cc(-c2ccnc(NC(=O)C3CCC3)c2)ccc1OC1CCOCC1. The van der Waals surface area contributed by atoms with Crippen molar-refractivity contribution in [3.63, 3.8) is 0 Å². The van der Waals surface area contributed by atoms with Crippen LogP contribution in [0.1, 0.15) is 37.7 Å². The molecule has 1 aromatic carbocycles. The Morgan fingerprint density at radius 1 is 1.11 bits per heavy atom. The first kappa shape index (κ1) is 18.0. The Hall–Kier alpha value is -2.40. The van der Waals surface area contributed by atoms with E-state index in [4.69, 9.17) is 9.47 Å². The number of amides is 1. The minimum atomic E-state index is 0.0855. The summed E-state index contributed by atoms with van der Waals surface area (Å²) in [5, 5.41) is 2.95. The Labute approximate surface area is 160 Å². The fourth-order valence-corrected chi connectivity index (χ4v) is 3.51. The van der Waals surface area contributed by atoms with Crippen LogP contribution in [-0.4, -0.2) is 30.2 Å². The lowest BCUT2D eigenvalue weighted by molar-refractivity contribution is -0.122. The lowest BCUT2D eigenvalue weighted by Gasteiger charge is -2.24. The molecule has 4 rings (SSSR count). The molecule has 0 bridgehead atoms. The number of rotatable bonds is 5. The monoisotopic (exact) mass is 366 g/mol. The molecule has 1 saturated heterocycles. The number of carbonyl (C=O) groups excluding carboxylic acids is 1. The van der Waals surface area contributed by atoms with Crippen LogP contribution in [-0.2, 0) is 9.53 Å². The summed E-state index contributed by atoms with van der Waals surface area (Å²) in [5.74, 6) is 1.78. The summed E-state index contributed by atoms with van der Waals surface area (Å²) in [4.78, 5) is 16.4. The quantitative estimate of drug-likeness (QED) is 0.854. The number of ether oxygens (including phenoxy) is 2. The molecular formula is C22H26N2O3. The van der Waals surface area contributed by atoms with E-state index >= 15 is 0 Å². The lowest BCUT2D eigenvalue weighted by atomic mass is 9.85. The zero-order chi connectivity index (χ0) is 18.6. The lowest BCUT2D eigenvalue weighted by Crippen LogP contribution is -2.28. The second-order valence-electron chi connectivity index (χ2n) is 7.46. The van der Waals surface area contributed by atoms with Crippen LogP contribution in [0.25, 0.3) is 11.1 Å². The first-order chi connectivity index (χ1) is 13.2. The average Bonchev–Trinajstić information content (AvgIpc) is 2.63. The fraction of sp³-hybridized carbons (Fsp3) is 0.455. The van der Waals surface area contributed by atoms with Crippen LogP contribution in [0, 0.1) is 12.8 Å². The van der Waals surface area contributed by atoms with E-state index in [9.17, 15) is 4.79 Å². The van der Waals surface area contributed by atoms with Crippen LogP contribution < -0.4 is 10.1 Å². The largest absolute Gasteiger partial charge is 0.490 e. The Balaban J connectivity index is 1.46.